The van der Waals surface area contributed by atoms with Crippen LogP contribution in [0.4, 0.5) is 0 Å². The Bertz CT molecular complexity index is 474. The van der Waals surface area contributed by atoms with Crippen LogP contribution in [-0.2, 0) is 23.2 Å². The number of aryl methyl sites for hydroxylation is 1. The van der Waals surface area contributed by atoms with E-state index in [0.29, 0.717) is 11.8 Å². The molecule has 1 aromatic rings. The van der Waals surface area contributed by atoms with Crippen molar-refractivity contribution in [2.24, 2.45) is 11.8 Å². The van der Waals surface area contributed by atoms with Crippen LogP contribution in [0.15, 0.2) is 42.5 Å². The van der Waals surface area contributed by atoms with E-state index in [1.807, 2.05) is 18.2 Å². The second-order valence-corrected chi connectivity index (χ2v) is 7.17. The summed E-state index contributed by atoms with van der Waals surface area (Å²) in [6.45, 7) is 3.85. The first-order valence-electron chi connectivity index (χ1n) is 9.55. The Balaban J connectivity index is 0.00000312. The van der Waals surface area contributed by atoms with Gasteiger partial charge in [-0.05, 0) is 62.3 Å². The van der Waals surface area contributed by atoms with Gasteiger partial charge in [0.05, 0.1) is 12.2 Å². The number of rotatable bonds is 10. The molecule has 1 aromatic carbocycles. The maximum Gasteiger partial charge on any atom is 0.0571 e. The van der Waals surface area contributed by atoms with Gasteiger partial charge in [0.2, 0.25) is 0 Å². The van der Waals surface area contributed by atoms with E-state index in [0.717, 1.165) is 57.8 Å². The van der Waals surface area contributed by atoms with E-state index < -0.39 is 0 Å². The number of allylic oxidation sites excluding steroid dienone is 2. The summed E-state index contributed by atoms with van der Waals surface area (Å²) in [5.41, 5.74) is 1.28. The van der Waals surface area contributed by atoms with E-state index >= 15 is 0 Å². The summed E-state index contributed by atoms with van der Waals surface area (Å²) in [5.74, 6) is 0.920. The van der Waals surface area contributed by atoms with E-state index in [1.165, 1.54) is 5.56 Å². The van der Waals surface area contributed by atoms with Crippen molar-refractivity contribution in [3.8, 4) is 0 Å². The quantitative estimate of drug-likeness (QED) is 0.450. The molecule has 0 aliphatic heterocycles. The third-order valence-electron chi connectivity index (χ3n) is 5.35. The van der Waals surface area contributed by atoms with Crippen molar-refractivity contribution in [3.05, 3.63) is 55.0 Å². The van der Waals surface area contributed by atoms with Gasteiger partial charge < -0.3 is 17.1 Å². The predicted octanol–water partition coefficient (Wildman–Crippen LogP) is 4.71. The summed E-state index contributed by atoms with van der Waals surface area (Å²) < 4.78 is 0. The standard InChI is InChI=1S/C22H33O2.Co/c1-2-3-4-8-11-19-13-17-22(24)21(19)16-15-20(23)14-12-18-9-6-5-7-10-18;/h4-10,19-24H,1-3,11-17H2;/q-1;/b8-4+;/t19-,20-,21+,22+;/m0./s1. The van der Waals surface area contributed by atoms with Crippen LogP contribution >= 0.6 is 0 Å². The van der Waals surface area contributed by atoms with Gasteiger partial charge in [0, 0.05) is 16.8 Å². The van der Waals surface area contributed by atoms with E-state index in [2.05, 4.69) is 31.2 Å². The van der Waals surface area contributed by atoms with Crippen LogP contribution in [0.2, 0.25) is 0 Å². The summed E-state index contributed by atoms with van der Waals surface area (Å²) in [5, 5.41) is 20.6. The number of unbranched alkanes of at least 4 members (excludes halogenated alkanes) is 1. The van der Waals surface area contributed by atoms with Crippen molar-refractivity contribution < 1.29 is 27.0 Å². The maximum atomic E-state index is 10.3. The fraction of sp³-hybridized carbons (Fsp3) is 0.591. The van der Waals surface area contributed by atoms with E-state index in [4.69, 9.17) is 0 Å². The molecule has 0 heterocycles. The summed E-state index contributed by atoms with van der Waals surface area (Å²) in [7, 11) is 0. The molecule has 4 atom stereocenters. The zero-order chi connectivity index (χ0) is 17.2. The van der Waals surface area contributed by atoms with Crippen molar-refractivity contribution >= 4 is 0 Å². The molecule has 3 heteroatoms. The molecule has 1 aliphatic carbocycles. The SMILES string of the molecule is [CH2-]CC/C=C/C[C@H]1CC[C@@H](O)[C@@H]1CC[C@@H](O)CCc1ccccc1.[Co]. The Hall–Kier alpha value is -0.614. The minimum atomic E-state index is -0.264. The van der Waals surface area contributed by atoms with Gasteiger partial charge >= 0.3 is 0 Å². The zero-order valence-electron chi connectivity index (χ0n) is 15.1. The van der Waals surface area contributed by atoms with Crippen LogP contribution in [0.3, 0.4) is 0 Å². The fourth-order valence-electron chi connectivity index (χ4n) is 3.86. The average Bonchev–Trinajstić information content (AvgIpc) is 2.96. The van der Waals surface area contributed by atoms with Crippen LogP contribution in [-0.4, -0.2) is 22.4 Å². The summed E-state index contributed by atoms with van der Waals surface area (Å²) in [6.07, 6.45) is 12.6. The number of benzene rings is 1. The number of aliphatic hydroxyl groups is 2. The van der Waals surface area contributed by atoms with Gasteiger partial charge in [0.15, 0.2) is 0 Å². The Kier molecular flexibility index (Phi) is 11.4. The normalized spacial score (nSPS) is 24.4. The third-order valence-corrected chi connectivity index (χ3v) is 5.35. The molecule has 1 radical (unpaired) electrons. The Labute approximate surface area is 163 Å². The molecule has 25 heavy (non-hydrogen) atoms. The van der Waals surface area contributed by atoms with Gasteiger partial charge in [-0.25, -0.2) is 0 Å². The van der Waals surface area contributed by atoms with Gasteiger partial charge in [-0.1, -0.05) is 48.9 Å². The van der Waals surface area contributed by atoms with Gasteiger partial charge in [-0.3, -0.25) is 0 Å². The van der Waals surface area contributed by atoms with Crippen molar-refractivity contribution in [1.29, 1.82) is 0 Å². The summed E-state index contributed by atoms with van der Waals surface area (Å²) in [6, 6.07) is 10.3. The first kappa shape index (κ1) is 22.4. The number of aliphatic hydroxyl groups excluding tert-OH is 2. The largest absolute Gasteiger partial charge is 0.393 e. The van der Waals surface area contributed by atoms with E-state index in [9.17, 15) is 10.2 Å². The molecule has 2 rings (SSSR count). The molecule has 1 fully saturated rings. The molecule has 1 aliphatic rings. The molecule has 0 saturated heterocycles. The fourth-order valence-corrected chi connectivity index (χ4v) is 3.86. The van der Waals surface area contributed by atoms with Crippen molar-refractivity contribution in [2.75, 3.05) is 0 Å². The van der Waals surface area contributed by atoms with Crippen LogP contribution < -0.4 is 0 Å². The molecule has 2 N–H and O–H groups in total. The van der Waals surface area contributed by atoms with Crippen LogP contribution in [0.25, 0.3) is 0 Å². The molecule has 143 valence electrons. The summed E-state index contributed by atoms with van der Waals surface area (Å²) in [4.78, 5) is 0. The smallest absolute Gasteiger partial charge is 0.0571 e. The second kappa shape index (κ2) is 12.7. The Morgan fingerprint density at radius 2 is 1.88 bits per heavy atom. The molecule has 1 saturated carbocycles. The minimum Gasteiger partial charge on any atom is -0.393 e. The van der Waals surface area contributed by atoms with Gasteiger partial charge in [0.25, 0.3) is 0 Å². The predicted molar refractivity (Wildman–Crippen MR) is 101 cm³/mol. The average molecular weight is 388 g/mol. The third kappa shape index (κ3) is 8.08. The van der Waals surface area contributed by atoms with Crippen molar-refractivity contribution in [3.63, 3.8) is 0 Å². The van der Waals surface area contributed by atoms with E-state index in [-0.39, 0.29) is 29.0 Å². The topological polar surface area (TPSA) is 40.5 Å². The molecule has 0 spiro atoms. The summed E-state index contributed by atoms with van der Waals surface area (Å²) >= 11 is 0. The monoisotopic (exact) mass is 388 g/mol. The van der Waals surface area contributed by atoms with Crippen LogP contribution in [0, 0.1) is 18.8 Å². The molecule has 0 aromatic heterocycles. The van der Waals surface area contributed by atoms with Crippen LogP contribution in [0.1, 0.15) is 56.9 Å². The minimum absolute atomic E-state index is 0. The zero-order valence-corrected chi connectivity index (χ0v) is 16.2. The molecule has 0 bridgehead atoms. The molecule has 0 amide bonds. The number of hydrogen-bond acceptors (Lipinski definition) is 2. The maximum absolute atomic E-state index is 10.3. The van der Waals surface area contributed by atoms with Gasteiger partial charge in [-0.15, -0.1) is 0 Å². The molecule has 0 unspecified atom stereocenters. The first-order chi connectivity index (χ1) is 11.7. The van der Waals surface area contributed by atoms with Crippen molar-refractivity contribution in [2.45, 2.75) is 70.0 Å². The van der Waals surface area contributed by atoms with Crippen molar-refractivity contribution in [1.82, 2.24) is 0 Å². The van der Waals surface area contributed by atoms with E-state index in [1.54, 1.807) is 0 Å². The Morgan fingerprint density at radius 3 is 2.60 bits per heavy atom. The number of hydrogen-bond donors (Lipinski definition) is 2. The first-order valence-corrected chi connectivity index (χ1v) is 9.55. The van der Waals surface area contributed by atoms with Gasteiger partial charge in [-0.2, -0.15) is 6.42 Å². The van der Waals surface area contributed by atoms with Gasteiger partial charge in [0.1, 0.15) is 0 Å². The second-order valence-electron chi connectivity index (χ2n) is 7.17. The molecule has 2 nitrogen and oxygen atoms in total. The molecular formula is C22H33CoO2-. The Morgan fingerprint density at radius 1 is 1.12 bits per heavy atom. The van der Waals surface area contributed by atoms with Crippen LogP contribution in [0.5, 0.6) is 0 Å². The molecular weight excluding hydrogens is 355 g/mol.